The molecule has 3 rings (SSSR count). The van der Waals surface area contributed by atoms with Crippen LogP contribution < -0.4 is 10.1 Å². The van der Waals surface area contributed by atoms with Gasteiger partial charge in [0.25, 0.3) is 0 Å². The van der Waals surface area contributed by atoms with Crippen LogP contribution in [0.15, 0.2) is 42.5 Å². The molecular weight excluding hydrogens is 301 g/mol. The van der Waals surface area contributed by atoms with Gasteiger partial charge in [-0.15, -0.1) is 0 Å². The number of hydrogen-bond donors (Lipinski definition) is 1. The highest BCUT2D eigenvalue weighted by Crippen LogP contribution is 2.41. The molecule has 0 spiro atoms. The fourth-order valence-corrected chi connectivity index (χ4v) is 2.10. The van der Waals surface area contributed by atoms with Crippen molar-refractivity contribution in [2.24, 2.45) is 0 Å². The zero-order chi connectivity index (χ0) is 10.3. The number of nitrogens with one attached hydrogen (secondary N) is 1. The Balaban J connectivity index is 2.11. The van der Waals surface area contributed by atoms with Gasteiger partial charge in [0.2, 0.25) is 0 Å². The lowest BCUT2D eigenvalue weighted by Crippen LogP contribution is -2.02. The molecule has 0 atom stereocenters. The maximum Gasteiger partial charge on any atom is 0.151 e. The maximum atomic E-state index is 5.77. The summed E-state index contributed by atoms with van der Waals surface area (Å²) in [5.41, 5.74) is 2.05. The molecule has 0 unspecified atom stereocenters. The predicted octanol–water partition coefficient (Wildman–Crippen LogP) is 4.14. The molecule has 2 nitrogen and oxygen atoms in total. The Morgan fingerprint density at radius 3 is 2.67 bits per heavy atom. The molecule has 15 heavy (non-hydrogen) atoms. The van der Waals surface area contributed by atoms with E-state index >= 15 is 0 Å². The van der Waals surface area contributed by atoms with E-state index in [0.717, 1.165) is 22.9 Å². The van der Waals surface area contributed by atoms with Crippen molar-refractivity contribution < 1.29 is 4.74 Å². The lowest BCUT2D eigenvalue weighted by atomic mass is 10.2. The van der Waals surface area contributed by atoms with E-state index in [9.17, 15) is 0 Å². The van der Waals surface area contributed by atoms with Gasteiger partial charge >= 0.3 is 0 Å². The van der Waals surface area contributed by atoms with Gasteiger partial charge in [-0.25, -0.2) is 0 Å². The van der Waals surface area contributed by atoms with Crippen molar-refractivity contribution in [3.63, 3.8) is 0 Å². The number of anilines is 2. The number of fused-ring (bicyclic) bond motifs is 2. The Morgan fingerprint density at radius 1 is 0.933 bits per heavy atom. The molecule has 2 aromatic rings. The number of hydrogen-bond acceptors (Lipinski definition) is 2. The highest BCUT2D eigenvalue weighted by molar-refractivity contribution is 14.1. The Hall–Kier alpha value is -1.23. The first-order valence-corrected chi connectivity index (χ1v) is 5.74. The molecule has 0 fully saturated rings. The van der Waals surface area contributed by atoms with E-state index in [1.165, 1.54) is 3.57 Å². The summed E-state index contributed by atoms with van der Waals surface area (Å²) in [6, 6.07) is 14.0. The van der Waals surface area contributed by atoms with Crippen molar-refractivity contribution in [3.05, 3.63) is 46.0 Å². The van der Waals surface area contributed by atoms with Crippen LogP contribution in [-0.2, 0) is 0 Å². The summed E-state index contributed by atoms with van der Waals surface area (Å²) in [6.07, 6.45) is 0. The van der Waals surface area contributed by atoms with Gasteiger partial charge < -0.3 is 10.1 Å². The molecule has 1 aliphatic heterocycles. The minimum Gasteiger partial charge on any atom is -0.453 e. The Morgan fingerprint density at radius 2 is 1.73 bits per heavy atom. The minimum absolute atomic E-state index is 0.881. The second-order valence-electron chi connectivity index (χ2n) is 3.36. The second-order valence-corrected chi connectivity index (χ2v) is 4.61. The molecule has 0 amide bonds. The summed E-state index contributed by atoms with van der Waals surface area (Å²) in [5.74, 6) is 1.76. The Kier molecular flexibility index (Phi) is 2.05. The molecule has 0 saturated heterocycles. The van der Waals surface area contributed by atoms with Gasteiger partial charge in [-0.05, 0) is 52.9 Å². The first-order valence-electron chi connectivity index (χ1n) is 4.66. The standard InChI is InChI=1S/C12H8INO/c13-8-5-6-12-10(7-8)14-9-3-1-2-4-11(9)15-12/h1-7,14H. The van der Waals surface area contributed by atoms with Crippen molar-refractivity contribution in [1.82, 2.24) is 0 Å². The van der Waals surface area contributed by atoms with Crippen LogP contribution in [0.3, 0.4) is 0 Å². The number of para-hydroxylation sites is 2. The first-order chi connectivity index (χ1) is 7.33. The molecule has 0 bridgehead atoms. The van der Waals surface area contributed by atoms with Crippen LogP contribution in [0, 0.1) is 3.57 Å². The number of halogens is 1. The number of rotatable bonds is 0. The SMILES string of the molecule is Ic1ccc2c(c1)Nc1ccccc1O2. The van der Waals surface area contributed by atoms with Crippen molar-refractivity contribution in [3.8, 4) is 11.5 Å². The molecule has 1 aliphatic rings. The van der Waals surface area contributed by atoms with Crippen LogP contribution in [0.4, 0.5) is 11.4 Å². The Labute approximate surface area is 101 Å². The molecule has 0 radical (unpaired) electrons. The highest BCUT2D eigenvalue weighted by atomic mass is 127. The molecule has 1 heterocycles. The summed E-state index contributed by atoms with van der Waals surface area (Å²) >= 11 is 2.29. The third-order valence-corrected chi connectivity index (χ3v) is 2.99. The van der Waals surface area contributed by atoms with E-state index in [0.29, 0.717) is 0 Å². The lowest BCUT2D eigenvalue weighted by molar-refractivity contribution is 0.481. The van der Waals surface area contributed by atoms with E-state index in [1.54, 1.807) is 0 Å². The molecule has 0 saturated carbocycles. The summed E-state index contributed by atoms with van der Waals surface area (Å²) in [7, 11) is 0. The summed E-state index contributed by atoms with van der Waals surface area (Å²) < 4.78 is 6.96. The monoisotopic (exact) mass is 309 g/mol. The third kappa shape index (κ3) is 1.56. The highest BCUT2D eigenvalue weighted by Gasteiger charge is 2.15. The maximum absolute atomic E-state index is 5.77. The molecule has 0 aliphatic carbocycles. The third-order valence-electron chi connectivity index (χ3n) is 2.32. The largest absolute Gasteiger partial charge is 0.453 e. The fourth-order valence-electron chi connectivity index (χ4n) is 1.61. The molecule has 3 heteroatoms. The van der Waals surface area contributed by atoms with Gasteiger partial charge in [0.15, 0.2) is 11.5 Å². The molecular formula is C12H8INO. The van der Waals surface area contributed by atoms with E-state index in [-0.39, 0.29) is 0 Å². The predicted molar refractivity (Wildman–Crippen MR) is 69.0 cm³/mol. The van der Waals surface area contributed by atoms with Gasteiger partial charge in [-0.3, -0.25) is 0 Å². The average Bonchev–Trinajstić information content (AvgIpc) is 2.26. The second kappa shape index (κ2) is 3.41. The van der Waals surface area contributed by atoms with Crippen LogP contribution in [0.5, 0.6) is 11.5 Å². The van der Waals surface area contributed by atoms with E-state index < -0.39 is 0 Å². The first kappa shape index (κ1) is 9.03. The van der Waals surface area contributed by atoms with Crippen LogP contribution >= 0.6 is 22.6 Å². The van der Waals surface area contributed by atoms with E-state index in [1.807, 2.05) is 36.4 Å². The van der Waals surface area contributed by atoms with Gasteiger partial charge in [-0.2, -0.15) is 0 Å². The molecule has 2 aromatic carbocycles. The van der Waals surface area contributed by atoms with Crippen LogP contribution in [0.1, 0.15) is 0 Å². The number of benzene rings is 2. The average molecular weight is 309 g/mol. The van der Waals surface area contributed by atoms with Crippen molar-refractivity contribution in [2.75, 3.05) is 5.32 Å². The van der Waals surface area contributed by atoms with Crippen LogP contribution in [-0.4, -0.2) is 0 Å². The van der Waals surface area contributed by atoms with Gasteiger partial charge in [0.05, 0.1) is 11.4 Å². The van der Waals surface area contributed by atoms with Crippen molar-refractivity contribution in [1.29, 1.82) is 0 Å². The minimum atomic E-state index is 0.881. The van der Waals surface area contributed by atoms with Gasteiger partial charge in [0.1, 0.15) is 0 Å². The zero-order valence-corrected chi connectivity index (χ0v) is 9.99. The molecule has 0 aromatic heterocycles. The molecule has 1 N–H and O–H groups in total. The van der Waals surface area contributed by atoms with E-state index in [4.69, 9.17) is 4.74 Å². The quantitative estimate of drug-likeness (QED) is 0.630. The van der Waals surface area contributed by atoms with E-state index in [2.05, 4.69) is 34.0 Å². The summed E-state index contributed by atoms with van der Waals surface area (Å²) in [6.45, 7) is 0. The molecule has 74 valence electrons. The fraction of sp³-hybridized carbons (Fsp3) is 0. The summed E-state index contributed by atoms with van der Waals surface area (Å²) in [4.78, 5) is 0. The lowest BCUT2D eigenvalue weighted by Gasteiger charge is -2.21. The van der Waals surface area contributed by atoms with Gasteiger partial charge in [0, 0.05) is 3.57 Å². The smallest absolute Gasteiger partial charge is 0.151 e. The van der Waals surface area contributed by atoms with Gasteiger partial charge in [-0.1, -0.05) is 12.1 Å². The summed E-state index contributed by atoms with van der Waals surface area (Å²) in [5, 5.41) is 3.35. The van der Waals surface area contributed by atoms with Crippen molar-refractivity contribution in [2.45, 2.75) is 0 Å². The number of ether oxygens (including phenoxy) is 1. The Bertz CT molecular complexity index is 525. The topological polar surface area (TPSA) is 21.3 Å². The zero-order valence-electron chi connectivity index (χ0n) is 7.83. The normalized spacial score (nSPS) is 12.1. The van der Waals surface area contributed by atoms with Crippen LogP contribution in [0.25, 0.3) is 0 Å². The van der Waals surface area contributed by atoms with Crippen molar-refractivity contribution >= 4 is 34.0 Å². The van der Waals surface area contributed by atoms with Crippen LogP contribution in [0.2, 0.25) is 0 Å².